The number of ether oxygens (including phenoxy) is 2. The summed E-state index contributed by atoms with van der Waals surface area (Å²) in [4.78, 5) is 27.6. The largest absolute Gasteiger partial charge is 0.507 e. The Morgan fingerprint density at radius 1 is 1.09 bits per heavy atom. The summed E-state index contributed by atoms with van der Waals surface area (Å²) in [7, 11) is 0. The number of anilines is 1. The fraction of sp³-hybridized carbons (Fsp3) is 0.280. The Morgan fingerprint density at radius 3 is 2.46 bits per heavy atom. The smallest absolute Gasteiger partial charge is 0.301 e. The van der Waals surface area contributed by atoms with Crippen molar-refractivity contribution >= 4 is 33.9 Å². The highest BCUT2D eigenvalue weighted by Crippen LogP contribution is 2.44. The fourth-order valence-corrected chi connectivity index (χ4v) is 4.50. The number of ketones is 1. The number of Topliss-reactive ketones (excluding diaryl/α,β-unsaturated/α-hetero) is 1. The van der Waals surface area contributed by atoms with Gasteiger partial charge in [0.2, 0.25) is 5.13 Å². The molecule has 1 aromatic heterocycles. The van der Waals surface area contributed by atoms with E-state index in [2.05, 4.69) is 10.2 Å². The molecular weight excluding hydrogens is 473 g/mol. The average molecular weight is 498 g/mol. The van der Waals surface area contributed by atoms with E-state index in [0.29, 0.717) is 35.3 Å². The van der Waals surface area contributed by atoms with Crippen LogP contribution in [0.1, 0.15) is 42.4 Å². The van der Waals surface area contributed by atoms with Gasteiger partial charge in [-0.2, -0.15) is 0 Å². The Kier molecular flexibility index (Phi) is 7.11. The van der Waals surface area contributed by atoms with Gasteiger partial charge < -0.3 is 14.6 Å². The second kappa shape index (κ2) is 10.2. The number of nitrogens with zero attached hydrogens (tertiary/aromatic N) is 3. The molecular formula is C25H24FN3O5S. The van der Waals surface area contributed by atoms with Crippen LogP contribution in [0.4, 0.5) is 9.52 Å². The van der Waals surface area contributed by atoms with E-state index in [4.69, 9.17) is 9.47 Å². The molecule has 1 atom stereocenters. The molecule has 4 rings (SSSR count). The Bertz CT molecular complexity index is 1290. The molecule has 1 aliphatic heterocycles. The van der Waals surface area contributed by atoms with Gasteiger partial charge in [0.15, 0.2) is 11.5 Å². The molecule has 2 aromatic carbocycles. The third-order valence-corrected chi connectivity index (χ3v) is 6.17. The van der Waals surface area contributed by atoms with Gasteiger partial charge >= 0.3 is 5.91 Å². The minimum atomic E-state index is -1.01. The molecule has 1 unspecified atom stereocenters. The maximum atomic E-state index is 13.5. The molecule has 0 radical (unpaired) electrons. The Morgan fingerprint density at radius 2 is 1.83 bits per heavy atom. The van der Waals surface area contributed by atoms with Crippen molar-refractivity contribution in [2.24, 2.45) is 0 Å². The van der Waals surface area contributed by atoms with Crippen LogP contribution in [-0.4, -0.2) is 40.2 Å². The zero-order valence-electron chi connectivity index (χ0n) is 19.4. The van der Waals surface area contributed by atoms with Crippen molar-refractivity contribution in [2.45, 2.75) is 33.2 Å². The number of hydrogen-bond donors (Lipinski definition) is 1. The maximum Gasteiger partial charge on any atom is 0.301 e. The lowest BCUT2D eigenvalue weighted by molar-refractivity contribution is -0.132. The molecule has 10 heteroatoms. The summed E-state index contributed by atoms with van der Waals surface area (Å²) in [5, 5.41) is 20.0. The van der Waals surface area contributed by atoms with Crippen LogP contribution in [0.3, 0.4) is 0 Å². The van der Waals surface area contributed by atoms with Crippen molar-refractivity contribution in [3.05, 3.63) is 70.0 Å². The van der Waals surface area contributed by atoms with Crippen LogP contribution >= 0.6 is 11.3 Å². The van der Waals surface area contributed by atoms with E-state index >= 15 is 0 Å². The summed E-state index contributed by atoms with van der Waals surface area (Å²) in [5.41, 5.74) is 0.572. The summed E-state index contributed by atoms with van der Waals surface area (Å²) < 4.78 is 25.0. The molecule has 1 amide bonds. The first-order valence-corrected chi connectivity index (χ1v) is 11.9. The number of aryl methyl sites for hydroxylation is 1. The fourth-order valence-electron chi connectivity index (χ4n) is 3.79. The number of carbonyl (C=O) groups is 2. The van der Waals surface area contributed by atoms with E-state index in [9.17, 15) is 19.1 Å². The van der Waals surface area contributed by atoms with E-state index in [-0.39, 0.29) is 16.3 Å². The van der Waals surface area contributed by atoms with Gasteiger partial charge in [0, 0.05) is 5.56 Å². The van der Waals surface area contributed by atoms with Crippen molar-refractivity contribution in [3.63, 3.8) is 0 Å². The van der Waals surface area contributed by atoms with Crippen LogP contribution in [0, 0.1) is 12.7 Å². The molecule has 0 bridgehead atoms. The van der Waals surface area contributed by atoms with E-state index < -0.39 is 29.3 Å². The third-order valence-electron chi connectivity index (χ3n) is 5.33. The van der Waals surface area contributed by atoms with Gasteiger partial charge in [0.1, 0.15) is 16.6 Å². The number of aliphatic hydroxyl groups excluding tert-OH is 1. The predicted molar refractivity (Wildman–Crippen MR) is 129 cm³/mol. The van der Waals surface area contributed by atoms with Crippen LogP contribution in [-0.2, 0) is 9.59 Å². The highest BCUT2D eigenvalue weighted by atomic mass is 32.1. The molecule has 35 heavy (non-hydrogen) atoms. The summed E-state index contributed by atoms with van der Waals surface area (Å²) in [6, 6.07) is 9.12. The Labute approximate surface area is 205 Å². The molecule has 0 saturated carbocycles. The van der Waals surface area contributed by atoms with Gasteiger partial charge in [0.25, 0.3) is 5.78 Å². The summed E-state index contributed by atoms with van der Waals surface area (Å²) in [6.07, 6.45) is 0.807. The first-order chi connectivity index (χ1) is 16.8. The highest BCUT2D eigenvalue weighted by molar-refractivity contribution is 7.15. The van der Waals surface area contributed by atoms with Crippen molar-refractivity contribution < 1.29 is 28.6 Å². The molecule has 1 aliphatic rings. The quantitative estimate of drug-likeness (QED) is 0.271. The van der Waals surface area contributed by atoms with Crippen molar-refractivity contribution in [3.8, 4) is 11.5 Å². The molecule has 182 valence electrons. The van der Waals surface area contributed by atoms with Crippen LogP contribution < -0.4 is 14.4 Å². The molecule has 1 fully saturated rings. The van der Waals surface area contributed by atoms with Crippen molar-refractivity contribution in [1.29, 1.82) is 0 Å². The molecule has 0 spiro atoms. The van der Waals surface area contributed by atoms with Crippen LogP contribution in [0.5, 0.6) is 11.5 Å². The van der Waals surface area contributed by atoms with E-state index in [1.54, 1.807) is 25.1 Å². The summed E-state index contributed by atoms with van der Waals surface area (Å²) in [6.45, 7) is 6.42. The van der Waals surface area contributed by atoms with Gasteiger partial charge in [-0.1, -0.05) is 24.3 Å². The van der Waals surface area contributed by atoms with Gasteiger partial charge in [-0.05, 0) is 62.2 Å². The van der Waals surface area contributed by atoms with E-state index in [1.165, 1.54) is 29.2 Å². The molecule has 1 N–H and O–H groups in total. The van der Waals surface area contributed by atoms with Crippen LogP contribution in [0.2, 0.25) is 0 Å². The Balaban J connectivity index is 1.91. The SMILES string of the molecule is CCCOc1ccc(C2C(=C(O)c3ccc(F)cc3)C(=O)C(=O)N2c2nnc(C)s2)cc1OCC. The molecule has 8 nitrogen and oxygen atoms in total. The number of benzene rings is 2. The minimum absolute atomic E-state index is 0.140. The number of amides is 1. The Hall–Kier alpha value is -3.79. The third kappa shape index (κ3) is 4.74. The number of hydrogen-bond acceptors (Lipinski definition) is 8. The number of halogens is 1. The first-order valence-electron chi connectivity index (χ1n) is 11.1. The number of aliphatic hydroxyl groups is 1. The number of rotatable bonds is 8. The van der Waals surface area contributed by atoms with E-state index in [0.717, 1.165) is 17.8 Å². The lowest BCUT2D eigenvalue weighted by atomic mass is 9.95. The van der Waals surface area contributed by atoms with Gasteiger partial charge in [-0.25, -0.2) is 4.39 Å². The normalized spacial score (nSPS) is 17.1. The van der Waals surface area contributed by atoms with Gasteiger partial charge in [-0.15, -0.1) is 10.2 Å². The molecule has 0 aliphatic carbocycles. The maximum absolute atomic E-state index is 13.5. The monoisotopic (exact) mass is 497 g/mol. The van der Waals surface area contributed by atoms with Crippen molar-refractivity contribution in [2.75, 3.05) is 18.1 Å². The minimum Gasteiger partial charge on any atom is -0.507 e. The molecule has 3 aromatic rings. The molecule has 2 heterocycles. The lowest BCUT2D eigenvalue weighted by Gasteiger charge is -2.23. The van der Waals surface area contributed by atoms with E-state index in [1.807, 2.05) is 13.8 Å². The molecule has 1 saturated heterocycles. The van der Waals surface area contributed by atoms with Gasteiger partial charge in [-0.3, -0.25) is 14.5 Å². The lowest BCUT2D eigenvalue weighted by Crippen LogP contribution is -2.29. The van der Waals surface area contributed by atoms with Crippen molar-refractivity contribution in [1.82, 2.24) is 10.2 Å². The predicted octanol–water partition coefficient (Wildman–Crippen LogP) is 4.80. The summed E-state index contributed by atoms with van der Waals surface area (Å²) in [5.74, 6) is -1.67. The second-order valence-corrected chi connectivity index (χ2v) is 8.93. The standard InChI is InChI=1S/C25H24FN3O5S/c1-4-12-34-18-11-8-16(13-19(18)33-5-2)21-20(22(30)15-6-9-17(26)10-7-15)23(31)24(32)29(21)25-28-27-14(3)35-25/h6-11,13,21,30H,4-5,12H2,1-3H3. The number of aromatic nitrogens is 2. The van der Waals surface area contributed by atoms with Crippen LogP contribution in [0.25, 0.3) is 5.76 Å². The zero-order chi connectivity index (χ0) is 25.1. The second-order valence-electron chi connectivity index (χ2n) is 7.77. The highest BCUT2D eigenvalue weighted by Gasteiger charge is 2.48. The van der Waals surface area contributed by atoms with Gasteiger partial charge in [0.05, 0.1) is 24.8 Å². The van der Waals surface area contributed by atoms with Crippen LogP contribution in [0.15, 0.2) is 48.0 Å². The average Bonchev–Trinajstić information content (AvgIpc) is 3.39. The topological polar surface area (TPSA) is 102 Å². The summed E-state index contributed by atoms with van der Waals surface area (Å²) >= 11 is 1.15. The number of carbonyl (C=O) groups excluding carboxylic acids is 2. The first kappa shape index (κ1) is 24.3. The zero-order valence-corrected chi connectivity index (χ0v) is 20.3.